The molecule has 2 aromatic carbocycles. The predicted molar refractivity (Wildman–Crippen MR) is 82.5 cm³/mol. The molecule has 0 saturated carbocycles. The Morgan fingerprint density at radius 1 is 1.10 bits per heavy atom. The summed E-state index contributed by atoms with van der Waals surface area (Å²) in [6, 6.07) is 13.5. The quantitative estimate of drug-likeness (QED) is 0.882. The highest BCUT2D eigenvalue weighted by Gasteiger charge is 2.28. The molecule has 0 aliphatic heterocycles. The van der Waals surface area contributed by atoms with Crippen LogP contribution in [0.2, 0.25) is 5.02 Å². The van der Waals surface area contributed by atoms with Crippen LogP contribution in [0.1, 0.15) is 6.92 Å². The number of halogens is 1. The van der Waals surface area contributed by atoms with E-state index in [2.05, 4.69) is 0 Å². The van der Waals surface area contributed by atoms with E-state index in [-0.39, 0.29) is 22.2 Å². The van der Waals surface area contributed by atoms with Gasteiger partial charge in [0.2, 0.25) is 0 Å². The highest BCUT2D eigenvalue weighted by Crippen LogP contribution is 2.32. The third-order valence-corrected chi connectivity index (χ3v) is 5.32. The second-order valence-corrected chi connectivity index (χ2v) is 6.37. The number of para-hydroxylation sites is 1. The lowest BCUT2D eigenvalue weighted by Gasteiger charge is -2.24. The summed E-state index contributed by atoms with van der Waals surface area (Å²) in [7, 11) is -3.79. The molecule has 2 aromatic rings. The zero-order valence-corrected chi connectivity index (χ0v) is 12.5. The van der Waals surface area contributed by atoms with Crippen LogP contribution in [-0.2, 0) is 10.0 Å². The molecule has 20 heavy (non-hydrogen) atoms. The van der Waals surface area contributed by atoms with Gasteiger partial charge in [-0.05, 0) is 31.2 Å². The Kier molecular flexibility index (Phi) is 4.20. The smallest absolute Gasteiger partial charge is 0.267 e. The number of hydrogen-bond acceptors (Lipinski definition) is 3. The van der Waals surface area contributed by atoms with E-state index in [4.69, 9.17) is 17.3 Å². The lowest BCUT2D eigenvalue weighted by Crippen LogP contribution is -2.31. The van der Waals surface area contributed by atoms with Crippen LogP contribution >= 0.6 is 11.6 Å². The molecule has 4 nitrogen and oxygen atoms in total. The van der Waals surface area contributed by atoms with Crippen molar-refractivity contribution in [2.24, 2.45) is 0 Å². The maximum atomic E-state index is 12.8. The average molecular weight is 311 g/mol. The van der Waals surface area contributed by atoms with Crippen LogP contribution in [0.5, 0.6) is 0 Å². The highest BCUT2D eigenvalue weighted by molar-refractivity contribution is 7.93. The largest absolute Gasteiger partial charge is 0.398 e. The fourth-order valence-corrected chi connectivity index (χ4v) is 4.11. The number of rotatable bonds is 4. The number of nitrogens with two attached hydrogens (primary N) is 1. The van der Waals surface area contributed by atoms with Gasteiger partial charge in [0.1, 0.15) is 4.90 Å². The zero-order chi connectivity index (χ0) is 14.8. The van der Waals surface area contributed by atoms with Gasteiger partial charge in [0.25, 0.3) is 10.0 Å². The molecule has 2 rings (SSSR count). The van der Waals surface area contributed by atoms with Gasteiger partial charge in [-0.3, -0.25) is 4.31 Å². The molecule has 106 valence electrons. The molecule has 6 heteroatoms. The summed E-state index contributed by atoms with van der Waals surface area (Å²) in [5.74, 6) is 0. The molecular weight excluding hydrogens is 296 g/mol. The first-order chi connectivity index (χ1) is 9.48. The minimum Gasteiger partial charge on any atom is -0.398 e. The first-order valence-electron chi connectivity index (χ1n) is 6.10. The van der Waals surface area contributed by atoms with Crippen molar-refractivity contribution in [3.05, 3.63) is 53.6 Å². The van der Waals surface area contributed by atoms with Crippen molar-refractivity contribution >= 4 is 33.0 Å². The van der Waals surface area contributed by atoms with Crippen molar-refractivity contribution < 1.29 is 8.42 Å². The van der Waals surface area contributed by atoms with Crippen LogP contribution in [0.15, 0.2) is 53.4 Å². The van der Waals surface area contributed by atoms with Crippen LogP contribution in [0, 0.1) is 0 Å². The van der Waals surface area contributed by atoms with Crippen LogP contribution in [-0.4, -0.2) is 15.0 Å². The van der Waals surface area contributed by atoms with E-state index in [9.17, 15) is 8.42 Å². The van der Waals surface area contributed by atoms with E-state index in [1.165, 1.54) is 16.4 Å². The maximum absolute atomic E-state index is 12.8. The predicted octanol–water partition coefficient (Wildman–Crippen LogP) is 3.14. The Hall–Kier alpha value is -1.72. The van der Waals surface area contributed by atoms with Crippen molar-refractivity contribution in [1.82, 2.24) is 0 Å². The summed E-state index contributed by atoms with van der Waals surface area (Å²) in [5, 5.41) is 0.124. The Morgan fingerprint density at radius 2 is 1.75 bits per heavy atom. The molecule has 0 aromatic heterocycles. The van der Waals surface area contributed by atoms with Gasteiger partial charge in [-0.15, -0.1) is 0 Å². The monoisotopic (exact) mass is 310 g/mol. The summed E-state index contributed by atoms with van der Waals surface area (Å²) in [5.41, 5.74) is 6.51. The van der Waals surface area contributed by atoms with Crippen LogP contribution < -0.4 is 10.0 Å². The molecular formula is C14H15ClN2O2S. The normalized spacial score (nSPS) is 11.3. The summed E-state index contributed by atoms with van der Waals surface area (Å²) >= 11 is 6.02. The number of hydrogen-bond donors (Lipinski definition) is 1. The second kappa shape index (κ2) is 5.73. The number of anilines is 2. The average Bonchev–Trinajstić information content (AvgIpc) is 2.40. The third kappa shape index (κ3) is 2.59. The lowest BCUT2D eigenvalue weighted by atomic mass is 10.3. The molecule has 0 bridgehead atoms. The molecule has 0 radical (unpaired) electrons. The van der Waals surface area contributed by atoms with E-state index >= 15 is 0 Å². The summed E-state index contributed by atoms with van der Waals surface area (Å²) in [6.45, 7) is 2.05. The zero-order valence-electron chi connectivity index (χ0n) is 11.0. The Balaban J connectivity index is 2.59. The van der Waals surface area contributed by atoms with E-state index in [0.717, 1.165) is 0 Å². The minimum absolute atomic E-state index is 0.0487. The van der Waals surface area contributed by atoms with Gasteiger partial charge in [0.15, 0.2) is 0 Å². The number of nitrogens with zero attached hydrogens (tertiary/aromatic N) is 1. The molecule has 0 fully saturated rings. The molecule has 0 aliphatic rings. The topological polar surface area (TPSA) is 63.4 Å². The fourth-order valence-electron chi connectivity index (χ4n) is 1.99. The first kappa shape index (κ1) is 14.7. The van der Waals surface area contributed by atoms with Crippen molar-refractivity contribution in [1.29, 1.82) is 0 Å². The minimum atomic E-state index is -3.79. The van der Waals surface area contributed by atoms with Gasteiger partial charge in [-0.25, -0.2) is 8.42 Å². The SMILES string of the molecule is CCN(c1ccccc1)S(=O)(=O)c1c(N)cccc1Cl. The van der Waals surface area contributed by atoms with Crippen molar-refractivity contribution in [3.63, 3.8) is 0 Å². The molecule has 0 spiro atoms. The number of benzene rings is 2. The molecule has 0 heterocycles. The Morgan fingerprint density at radius 3 is 2.30 bits per heavy atom. The maximum Gasteiger partial charge on any atom is 0.267 e. The van der Waals surface area contributed by atoms with Crippen molar-refractivity contribution in [2.45, 2.75) is 11.8 Å². The summed E-state index contributed by atoms with van der Waals surface area (Å²) in [4.78, 5) is -0.0487. The van der Waals surface area contributed by atoms with E-state index in [1.807, 2.05) is 6.07 Å². The van der Waals surface area contributed by atoms with E-state index < -0.39 is 10.0 Å². The summed E-state index contributed by atoms with van der Waals surface area (Å²) < 4.78 is 26.8. The van der Waals surface area contributed by atoms with Gasteiger partial charge in [-0.1, -0.05) is 35.9 Å². The van der Waals surface area contributed by atoms with Gasteiger partial charge >= 0.3 is 0 Å². The van der Waals surface area contributed by atoms with Gasteiger partial charge in [-0.2, -0.15) is 0 Å². The van der Waals surface area contributed by atoms with Crippen LogP contribution in [0.3, 0.4) is 0 Å². The van der Waals surface area contributed by atoms with Crippen molar-refractivity contribution in [2.75, 3.05) is 16.6 Å². The van der Waals surface area contributed by atoms with Crippen LogP contribution in [0.4, 0.5) is 11.4 Å². The van der Waals surface area contributed by atoms with E-state index in [1.54, 1.807) is 37.3 Å². The Labute approximate surface area is 123 Å². The molecule has 0 saturated heterocycles. The number of nitrogen functional groups attached to an aromatic ring is 1. The highest BCUT2D eigenvalue weighted by atomic mass is 35.5. The molecule has 0 atom stereocenters. The van der Waals surface area contributed by atoms with Gasteiger partial charge in [0.05, 0.1) is 16.4 Å². The first-order valence-corrected chi connectivity index (χ1v) is 7.92. The summed E-state index contributed by atoms with van der Waals surface area (Å²) in [6.07, 6.45) is 0. The van der Waals surface area contributed by atoms with Gasteiger partial charge < -0.3 is 5.73 Å². The standard InChI is InChI=1S/C14H15ClN2O2S/c1-2-17(11-7-4-3-5-8-11)20(18,19)14-12(15)9-6-10-13(14)16/h3-10H,2,16H2,1H3. The Bertz CT molecular complexity index is 682. The van der Waals surface area contributed by atoms with E-state index in [0.29, 0.717) is 5.69 Å². The molecule has 0 aliphatic carbocycles. The fraction of sp³-hybridized carbons (Fsp3) is 0.143. The second-order valence-electron chi connectivity index (χ2n) is 4.16. The van der Waals surface area contributed by atoms with Crippen molar-refractivity contribution in [3.8, 4) is 0 Å². The van der Waals surface area contributed by atoms with Crippen LogP contribution in [0.25, 0.3) is 0 Å². The molecule has 0 amide bonds. The third-order valence-electron chi connectivity index (χ3n) is 2.88. The molecule has 2 N–H and O–H groups in total. The number of sulfonamides is 1. The van der Waals surface area contributed by atoms with Gasteiger partial charge in [0, 0.05) is 6.54 Å². The molecule has 0 unspecified atom stereocenters. The lowest BCUT2D eigenvalue weighted by molar-refractivity contribution is 0.592.